The van der Waals surface area contributed by atoms with Crippen LogP contribution in [-0.2, 0) is 22.5 Å². The molecule has 0 heterocycles. The monoisotopic (exact) mass is 283 g/mol. The molecule has 0 spiro atoms. The van der Waals surface area contributed by atoms with Crippen molar-refractivity contribution >= 4 is 15.6 Å². The second kappa shape index (κ2) is 10.1. The van der Waals surface area contributed by atoms with Gasteiger partial charge in [0.15, 0.2) is 0 Å². The fourth-order valence-electron chi connectivity index (χ4n) is 0.384. The lowest BCUT2D eigenvalue weighted by molar-refractivity contribution is 0.171. The molecule has 0 aromatic rings. The van der Waals surface area contributed by atoms with Gasteiger partial charge in [-0.1, -0.05) is 6.08 Å². The first-order valence-electron chi connectivity index (χ1n) is 3.01. The Bertz CT molecular complexity index is 266. The number of hydrogen-bond donors (Lipinski definition) is 5. The van der Waals surface area contributed by atoms with Crippen LogP contribution in [0.25, 0.3) is 0 Å². The van der Waals surface area contributed by atoms with Crippen LogP contribution in [-0.4, -0.2) is 23.5 Å². The largest absolute Gasteiger partial charge is 0.483 e. The molecule has 0 aliphatic carbocycles. The normalized spacial score (nSPS) is 13.4. The van der Waals surface area contributed by atoms with Crippen molar-refractivity contribution in [1.82, 2.24) is 18.5 Å². The molecule has 0 aliphatic rings. The summed E-state index contributed by atoms with van der Waals surface area (Å²) >= 11 is 0. The van der Waals surface area contributed by atoms with Gasteiger partial charge in [0, 0.05) is 7.11 Å². The third-order valence-corrected chi connectivity index (χ3v) is 3.34. The van der Waals surface area contributed by atoms with Gasteiger partial charge < -0.3 is 28.2 Å². The first-order valence-corrected chi connectivity index (χ1v) is 6.00. The van der Waals surface area contributed by atoms with E-state index in [0.717, 1.165) is 7.11 Å². The molecular weight excluding hydrogens is 264 g/mol. The van der Waals surface area contributed by atoms with Crippen molar-refractivity contribution in [2.45, 2.75) is 0 Å². The number of phosphoric acid groups is 2. The molecule has 0 radical (unpaired) electrons. The van der Waals surface area contributed by atoms with Gasteiger partial charge in [-0.05, 0) is 0 Å². The Labute approximate surface area is 93.6 Å². The smallest absolute Gasteiger partial charge is 0.344 e. The Morgan fingerprint density at radius 2 is 1.69 bits per heavy atom. The van der Waals surface area contributed by atoms with Crippen LogP contribution < -0.4 is 18.5 Å². The standard InChI is InChI=1S/C4H10O7P2.3H3N/c1-3-4-10-13(8,9-2)11-12(5,6)7;;;/h3H,1,4H2,2H3,(H2,5,6,7);3*1H3. The molecule has 0 saturated heterocycles. The van der Waals surface area contributed by atoms with E-state index in [1.54, 1.807) is 0 Å². The lowest BCUT2D eigenvalue weighted by Gasteiger charge is -2.14. The molecule has 0 amide bonds. The fourth-order valence-corrected chi connectivity index (χ4v) is 2.27. The van der Waals surface area contributed by atoms with E-state index in [2.05, 4.69) is 19.9 Å². The molecule has 1 atom stereocenters. The zero-order chi connectivity index (χ0) is 10.5. The average molecular weight is 283 g/mol. The number of phosphoric ester groups is 1. The first kappa shape index (κ1) is 24.9. The Morgan fingerprint density at radius 1 is 1.25 bits per heavy atom. The van der Waals surface area contributed by atoms with E-state index in [9.17, 15) is 9.13 Å². The molecule has 12 heteroatoms. The maximum Gasteiger partial charge on any atom is 0.483 e. The van der Waals surface area contributed by atoms with E-state index in [0.29, 0.717) is 0 Å². The predicted octanol–water partition coefficient (Wildman–Crippen LogP) is 1.54. The summed E-state index contributed by atoms with van der Waals surface area (Å²) in [6, 6.07) is 0. The second-order valence-corrected chi connectivity index (χ2v) is 4.94. The highest BCUT2D eigenvalue weighted by Gasteiger charge is 2.34. The van der Waals surface area contributed by atoms with Crippen LogP contribution in [0.5, 0.6) is 0 Å². The number of rotatable bonds is 6. The molecule has 0 rings (SSSR count). The Kier molecular flexibility index (Phi) is 15.7. The Morgan fingerprint density at radius 3 is 1.94 bits per heavy atom. The van der Waals surface area contributed by atoms with E-state index in [1.165, 1.54) is 6.08 Å². The van der Waals surface area contributed by atoms with Crippen molar-refractivity contribution in [3.8, 4) is 0 Å². The van der Waals surface area contributed by atoms with Crippen molar-refractivity contribution in [3.05, 3.63) is 12.7 Å². The van der Waals surface area contributed by atoms with Crippen molar-refractivity contribution in [2.24, 2.45) is 0 Å². The molecule has 11 N–H and O–H groups in total. The summed E-state index contributed by atoms with van der Waals surface area (Å²) < 4.78 is 33.8. The summed E-state index contributed by atoms with van der Waals surface area (Å²) in [5, 5.41) is 0. The lowest BCUT2D eigenvalue weighted by Crippen LogP contribution is -1.96. The molecule has 0 fully saturated rings. The van der Waals surface area contributed by atoms with Crippen LogP contribution in [0.1, 0.15) is 0 Å². The third-order valence-electron chi connectivity index (χ3n) is 0.780. The average Bonchev–Trinajstić information content (AvgIpc) is 1.98. The molecule has 0 aromatic carbocycles. The quantitative estimate of drug-likeness (QED) is 0.350. The topological polar surface area (TPSA) is 207 Å². The van der Waals surface area contributed by atoms with Crippen LogP contribution in [0, 0.1) is 0 Å². The summed E-state index contributed by atoms with van der Waals surface area (Å²) in [6.07, 6.45) is 1.23. The SMILES string of the molecule is C=CCOP(=O)(OC)OP(=O)(O)O.N.N.N. The highest BCUT2D eigenvalue weighted by Crippen LogP contribution is 2.60. The summed E-state index contributed by atoms with van der Waals surface area (Å²) in [5.74, 6) is 0. The molecule has 0 aromatic heterocycles. The van der Waals surface area contributed by atoms with Gasteiger partial charge in [-0.3, -0.25) is 9.05 Å². The van der Waals surface area contributed by atoms with E-state index in [-0.39, 0.29) is 25.1 Å². The summed E-state index contributed by atoms with van der Waals surface area (Å²) in [5.41, 5.74) is 0. The van der Waals surface area contributed by atoms with E-state index in [1.807, 2.05) is 0 Å². The minimum atomic E-state index is -4.89. The van der Waals surface area contributed by atoms with Crippen molar-refractivity contribution < 1.29 is 32.3 Å². The zero-order valence-electron chi connectivity index (χ0n) is 8.94. The van der Waals surface area contributed by atoms with Crippen molar-refractivity contribution in [2.75, 3.05) is 13.7 Å². The Balaban J connectivity index is -0.000000240. The highest BCUT2D eigenvalue weighted by molar-refractivity contribution is 7.61. The number of hydrogen-bond acceptors (Lipinski definition) is 8. The van der Waals surface area contributed by atoms with Crippen LogP contribution in [0.3, 0.4) is 0 Å². The minimum Gasteiger partial charge on any atom is -0.344 e. The molecule has 102 valence electrons. The van der Waals surface area contributed by atoms with Crippen LogP contribution in [0.2, 0.25) is 0 Å². The van der Waals surface area contributed by atoms with Gasteiger partial charge in [-0.25, -0.2) is 9.13 Å². The molecule has 1 unspecified atom stereocenters. The van der Waals surface area contributed by atoms with Crippen LogP contribution >= 0.6 is 15.6 Å². The van der Waals surface area contributed by atoms with Gasteiger partial charge in [0.2, 0.25) is 0 Å². The summed E-state index contributed by atoms with van der Waals surface area (Å²) in [6.45, 7) is 3.04. The fraction of sp³-hybridized carbons (Fsp3) is 0.500. The van der Waals surface area contributed by atoms with Gasteiger partial charge in [0.25, 0.3) is 0 Å². The van der Waals surface area contributed by atoms with Gasteiger partial charge >= 0.3 is 15.6 Å². The van der Waals surface area contributed by atoms with Gasteiger partial charge in [-0.15, -0.1) is 6.58 Å². The summed E-state index contributed by atoms with van der Waals surface area (Å²) in [7, 11) is -8.12. The molecular formula is C4H19N3O7P2. The molecule has 0 bridgehead atoms. The maximum atomic E-state index is 11.1. The van der Waals surface area contributed by atoms with Gasteiger partial charge in [0.05, 0.1) is 6.61 Å². The van der Waals surface area contributed by atoms with Crippen LogP contribution in [0.15, 0.2) is 12.7 Å². The Hall–Kier alpha value is -0.120. The van der Waals surface area contributed by atoms with E-state index >= 15 is 0 Å². The summed E-state index contributed by atoms with van der Waals surface area (Å²) in [4.78, 5) is 16.6. The van der Waals surface area contributed by atoms with Gasteiger partial charge in [-0.2, -0.15) is 4.31 Å². The molecule has 10 nitrogen and oxygen atoms in total. The van der Waals surface area contributed by atoms with Crippen molar-refractivity contribution in [1.29, 1.82) is 0 Å². The van der Waals surface area contributed by atoms with Crippen molar-refractivity contribution in [3.63, 3.8) is 0 Å². The third kappa shape index (κ3) is 12.0. The predicted molar refractivity (Wildman–Crippen MR) is 59.0 cm³/mol. The lowest BCUT2D eigenvalue weighted by atomic mass is 10.7. The first-order chi connectivity index (χ1) is 5.83. The minimum absolute atomic E-state index is 0. The molecule has 0 aliphatic heterocycles. The van der Waals surface area contributed by atoms with E-state index in [4.69, 9.17) is 9.79 Å². The second-order valence-electron chi connectivity index (χ2n) is 1.79. The van der Waals surface area contributed by atoms with E-state index < -0.39 is 15.6 Å². The maximum absolute atomic E-state index is 11.1. The highest BCUT2D eigenvalue weighted by atomic mass is 31.3. The molecule has 0 saturated carbocycles. The zero-order valence-corrected chi connectivity index (χ0v) is 10.7. The molecule has 16 heavy (non-hydrogen) atoms. The van der Waals surface area contributed by atoms with Gasteiger partial charge in [0.1, 0.15) is 0 Å². The van der Waals surface area contributed by atoms with Crippen LogP contribution in [0.4, 0.5) is 0 Å².